The first-order valence-electron chi connectivity index (χ1n) is 9.63. The van der Waals surface area contributed by atoms with Crippen LogP contribution in [0.3, 0.4) is 0 Å². The summed E-state index contributed by atoms with van der Waals surface area (Å²) in [7, 11) is 1.77. The van der Waals surface area contributed by atoms with Gasteiger partial charge in [-0.05, 0) is 36.6 Å². The van der Waals surface area contributed by atoms with E-state index in [0.717, 1.165) is 32.7 Å². The molecule has 0 amide bonds. The van der Waals surface area contributed by atoms with E-state index in [0.29, 0.717) is 12.0 Å². The largest absolute Gasteiger partial charge is 0.354 e. The number of halogens is 1. The number of aliphatic imine (C=N–C) groups is 1. The lowest BCUT2D eigenvalue weighted by Crippen LogP contribution is -2.40. The summed E-state index contributed by atoms with van der Waals surface area (Å²) in [6.07, 6.45) is 6.78. The van der Waals surface area contributed by atoms with Crippen LogP contribution >= 0.6 is 11.6 Å². The van der Waals surface area contributed by atoms with E-state index in [4.69, 9.17) is 11.6 Å². The second-order valence-electron chi connectivity index (χ2n) is 7.03. The normalized spacial score (nSPS) is 15.6. The Labute approximate surface area is 169 Å². The van der Waals surface area contributed by atoms with Crippen LogP contribution in [0, 0.1) is 0 Å². The van der Waals surface area contributed by atoms with Gasteiger partial charge in [-0.1, -0.05) is 54.8 Å². The van der Waals surface area contributed by atoms with Gasteiger partial charge in [0.05, 0.1) is 11.9 Å². The second-order valence-corrected chi connectivity index (χ2v) is 7.47. The smallest absolute Gasteiger partial charge is 0.212 e. The highest BCUT2D eigenvalue weighted by molar-refractivity contribution is 6.30. The Morgan fingerprint density at radius 1 is 1.11 bits per heavy atom. The third-order valence-corrected chi connectivity index (χ3v) is 5.41. The van der Waals surface area contributed by atoms with Crippen molar-refractivity contribution < 1.29 is 0 Å². The van der Waals surface area contributed by atoms with Crippen LogP contribution in [-0.2, 0) is 0 Å². The summed E-state index contributed by atoms with van der Waals surface area (Å²) < 4.78 is 0. The number of fused-ring (bicyclic) bond motifs is 1. The van der Waals surface area contributed by atoms with Gasteiger partial charge in [0.1, 0.15) is 0 Å². The molecule has 1 aromatic heterocycles. The molecule has 0 spiro atoms. The highest BCUT2D eigenvalue weighted by Crippen LogP contribution is 2.29. The number of nitrogens with zero attached hydrogens (tertiary/aromatic N) is 2. The minimum absolute atomic E-state index is 0.485. The van der Waals surface area contributed by atoms with Crippen molar-refractivity contribution in [2.75, 3.05) is 7.05 Å². The molecular weight excluding hydrogens is 370 g/mol. The average Bonchev–Trinajstić information content (AvgIpc) is 3.36. The van der Waals surface area contributed by atoms with E-state index >= 15 is 0 Å². The lowest BCUT2D eigenvalue weighted by Gasteiger charge is -2.14. The third kappa shape index (κ3) is 4.04. The molecule has 1 aliphatic carbocycles. The van der Waals surface area contributed by atoms with Gasteiger partial charge in [-0.15, -0.1) is 0 Å². The number of guanidine groups is 1. The fraction of sp³-hybridized carbons (Fsp3) is 0.273. The molecule has 3 aromatic rings. The van der Waals surface area contributed by atoms with Crippen molar-refractivity contribution in [3.8, 4) is 11.3 Å². The van der Waals surface area contributed by atoms with Crippen molar-refractivity contribution in [1.82, 2.24) is 15.7 Å². The van der Waals surface area contributed by atoms with Gasteiger partial charge in [0.25, 0.3) is 0 Å². The molecule has 0 saturated heterocycles. The molecule has 0 aliphatic heterocycles. The minimum Gasteiger partial charge on any atom is -0.354 e. The monoisotopic (exact) mass is 393 g/mol. The third-order valence-electron chi connectivity index (χ3n) is 5.16. The van der Waals surface area contributed by atoms with E-state index in [-0.39, 0.29) is 0 Å². The molecule has 3 N–H and O–H groups in total. The predicted molar refractivity (Wildman–Crippen MR) is 118 cm³/mol. The Morgan fingerprint density at radius 2 is 1.86 bits per heavy atom. The Bertz CT molecular complexity index is 997. The van der Waals surface area contributed by atoms with Crippen LogP contribution < -0.4 is 10.7 Å². The van der Waals surface area contributed by atoms with Crippen LogP contribution in [-0.4, -0.2) is 30.2 Å². The standard InChI is InChI=1S/C22H24ClN5/c1-24-22(26-17-6-2-3-7-17)28-25-14-19-18-8-4-5-9-20(18)27-21(19)15-10-12-16(23)13-11-15/h4-5,8-14,17,27H,2-3,6-7H2,1H3,(H2,24,26,28). The molecule has 144 valence electrons. The van der Waals surface area contributed by atoms with Crippen molar-refractivity contribution >= 4 is 34.7 Å². The van der Waals surface area contributed by atoms with Gasteiger partial charge in [-0.25, -0.2) is 5.43 Å². The van der Waals surface area contributed by atoms with Crippen molar-refractivity contribution in [3.05, 3.63) is 59.1 Å². The van der Waals surface area contributed by atoms with Crippen molar-refractivity contribution in [2.45, 2.75) is 31.7 Å². The molecule has 1 fully saturated rings. The van der Waals surface area contributed by atoms with Gasteiger partial charge in [-0.3, -0.25) is 4.99 Å². The van der Waals surface area contributed by atoms with E-state index in [1.165, 1.54) is 25.7 Å². The molecule has 0 bridgehead atoms. The first kappa shape index (κ1) is 18.6. The molecular formula is C22H24ClN5. The number of rotatable bonds is 4. The molecule has 1 heterocycles. The predicted octanol–water partition coefficient (Wildman–Crippen LogP) is 4.93. The lowest BCUT2D eigenvalue weighted by atomic mass is 10.1. The average molecular weight is 394 g/mol. The molecule has 6 heteroatoms. The van der Waals surface area contributed by atoms with E-state index in [1.54, 1.807) is 7.05 Å². The molecule has 0 unspecified atom stereocenters. The molecule has 28 heavy (non-hydrogen) atoms. The number of hydrazone groups is 1. The van der Waals surface area contributed by atoms with Crippen LogP contribution in [0.4, 0.5) is 0 Å². The van der Waals surface area contributed by atoms with Gasteiger partial charge < -0.3 is 10.3 Å². The quantitative estimate of drug-likeness (QED) is 0.334. The van der Waals surface area contributed by atoms with Crippen molar-refractivity contribution in [3.63, 3.8) is 0 Å². The first-order valence-corrected chi connectivity index (χ1v) is 10.0. The number of para-hydroxylation sites is 1. The van der Waals surface area contributed by atoms with Gasteiger partial charge in [0, 0.05) is 34.6 Å². The van der Waals surface area contributed by atoms with E-state index in [9.17, 15) is 0 Å². The van der Waals surface area contributed by atoms with Gasteiger partial charge in [-0.2, -0.15) is 5.10 Å². The fourth-order valence-electron chi connectivity index (χ4n) is 3.71. The number of benzene rings is 2. The Kier molecular flexibility index (Phi) is 5.63. The summed E-state index contributed by atoms with van der Waals surface area (Å²) in [4.78, 5) is 7.78. The molecule has 1 aliphatic rings. The Balaban J connectivity index is 1.60. The number of aromatic nitrogens is 1. The van der Waals surface area contributed by atoms with Gasteiger partial charge in [0.15, 0.2) is 0 Å². The highest BCUT2D eigenvalue weighted by atomic mass is 35.5. The number of nitrogens with one attached hydrogen (secondary N) is 3. The SMILES string of the molecule is CN=C(NN=Cc1c(-c2ccc(Cl)cc2)[nH]c2ccccc12)NC1CCCC1. The number of hydrogen-bond acceptors (Lipinski definition) is 2. The maximum absolute atomic E-state index is 6.06. The lowest BCUT2D eigenvalue weighted by molar-refractivity contribution is 0.616. The molecule has 4 rings (SSSR count). The highest BCUT2D eigenvalue weighted by Gasteiger charge is 2.16. The molecule has 1 saturated carbocycles. The maximum atomic E-state index is 6.06. The van der Waals surface area contributed by atoms with Crippen LogP contribution in [0.2, 0.25) is 5.02 Å². The van der Waals surface area contributed by atoms with Crippen molar-refractivity contribution in [2.24, 2.45) is 10.1 Å². The van der Waals surface area contributed by atoms with Crippen LogP contribution in [0.1, 0.15) is 31.2 Å². The summed E-state index contributed by atoms with van der Waals surface area (Å²) in [6, 6.07) is 16.5. The van der Waals surface area contributed by atoms with Gasteiger partial charge >= 0.3 is 0 Å². The molecule has 0 radical (unpaired) electrons. The van der Waals surface area contributed by atoms with Crippen LogP contribution in [0.5, 0.6) is 0 Å². The topological polar surface area (TPSA) is 64.6 Å². The van der Waals surface area contributed by atoms with Crippen LogP contribution in [0.15, 0.2) is 58.6 Å². The summed E-state index contributed by atoms with van der Waals surface area (Å²) in [5.74, 6) is 0.705. The van der Waals surface area contributed by atoms with Crippen LogP contribution in [0.25, 0.3) is 22.2 Å². The van der Waals surface area contributed by atoms with Gasteiger partial charge in [0.2, 0.25) is 5.96 Å². The minimum atomic E-state index is 0.485. The summed E-state index contributed by atoms with van der Waals surface area (Å²) in [5.41, 5.74) is 7.24. The summed E-state index contributed by atoms with van der Waals surface area (Å²) >= 11 is 6.06. The van der Waals surface area contributed by atoms with E-state index in [2.05, 4.69) is 38.0 Å². The van der Waals surface area contributed by atoms with E-state index < -0.39 is 0 Å². The fourth-order valence-corrected chi connectivity index (χ4v) is 3.84. The maximum Gasteiger partial charge on any atom is 0.212 e. The zero-order chi connectivity index (χ0) is 19.3. The number of H-pyrrole nitrogens is 1. The summed E-state index contributed by atoms with van der Waals surface area (Å²) in [5, 5.41) is 9.75. The summed E-state index contributed by atoms with van der Waals surface area (Å²) in [6.45, 7) is 0. The molecule has 2 aromatic carbocycles. The number of hydrogen-bond donors (Lipinski definition) is 3. The molecule has 0 atom stereocenters. The zero-order valence-electron chi connectivity index (χ0n) is 15.9. The second kappa shape index (κ2) is 8.48. The number of aromatic amines is 1. The first-order chi connectivity index (χ1) is 13.7. The Morgan fingerprint density at radius 3 is 2.61 bits per heavy atom. The van der Waals surface area contributed by atoms with E-state index in [1.807, 2.05) is 42.6 Å². The zero-order valence-corrected chi connectivity index (χ0v) is 16.6. The Hall–Kier alpha value is -2.79. The molecule has 5 nitrogen and oxygen atoms in total. The van der Waals surface area contributed by atoms with Crippen molar-refractivity contribution in [1.29, 1.82) is 0 Å².